The van der Waals surface area contributed by atoms with Crippen LogP contribution in [-0.2, 0) is 4.74 Å². The molecular formula is C17H18N2O2. The second-order valence-corrected chi connectivity index (χ2v) is 5.10. The summed E-state index contributed by atoms with van der Waals surface area (Å²) in [6.07, 6.45) is 0.875. The molecule has 21 heavy (non-hydrogen) atoms. The molecule has 1 aliphatic rings. The average Bonchev–Trinajstić information content (AvgIpc) is 3.02. The molecule has 1 atom stereocenters. The minimum atomic E-state index is -0.182. The molecule has 4 nitrogen and oxygen atoms in total. The van der Waals surface area contributed by atoms with E-state index < -0.39 is 0 Å². The number of hydrogen-bond donors (Lipinski definition) is 2. The fourth-order valence-corrected chi connectivity index (χ4v) is 2.38. The Bertz CT molecular complexity index is 590. The number of carbonyl (C=O) groups excluding carboxylic acids is 1. The number of ether oxygens (including phenoxy) is 1. The molecular weight excluding hydrogens is 264 g/mol. The first-order valence-corrected chi connectivity index (χ1v) is 7.12. The molecule has 1 aliphatic heterocycles. The monoisotopic (exact) mass is 282 g/mol. The van der Waals surface area contributed by atoms with E-state index in [0.29, 0.717) is 6.61 Å². The van der Waals surface area contributed by atoms with E-state index in [1.165, 1.54) is 0 Å². The highest BCUT2D eigenvalue weighted by molar-refractivity contribution is 5.89. The van der Waals surface area contributed by atoms with Crippen molar-refractivity contribution in [1.29, 1.82) is 0 Å². The van der Waals surface area contributed by atoms with E-state index in [9.17, 15) is 4.79 Å². The number of carbonyl (C=O) groups is 1. The van der Waals surface area contributed by atoms with E-state index in [4.69, 9.17) is 4.74 Å². The first-order valence-electron chi connectivity index (χ1n) is 7.12. The highest BCUT2D eigenvalue weighted by Crippen LogP contribution is 2.20. The maximum absolute atomic E-state index is 11.8. The van der Waals surface area contributed by atoms with Crippen LogP contribution in [-0.4, -0.2) is 25.3 Å². The van der Waals surface area contributed by atoms with E-state index in [1.807, 2.05) is 42.5 Å². The third kappa shape index (κ3) is 3.61. The molecule has 108 valence electrons. The Morgan fingerprint density at radius 1 is 1.00 bits per heavy atom. The highest BCUT2D eigenvalue weighted by atomic mass is 16.5. The predicted molar refractivity (Wildman–Crippen MR) is 83.3 cm³/mol. The normalized spacial score (nSPS) is 17.4. The van der Waals surface area contributed by atoms with Gasteiger partial charge in [-0.05, 0) is 29.7 Å². The number of nitrogens with one attached hydrogen (secondary N) is 2. The van der Waals surface area contributed by atoms with Crippen LogP contribution in [0.25, 0.3) is 11.1 Å². The number of amides is 2. The van der Waals surface area contributed by atoms with Crippen LogP contribution < -0.4 is 10.6 Å². The van der Waals surface area contributed by atoms with Crippen LogP contribution in [0.4, 0.5) is 10.5 Å². The molecule has 2 N–H and O–H groups in total. The first-order chi connectivity index (χ1) is 10.3. The minimum Gasteiger partial charge on any atom is -0.379 e. The van der Waals surface area contributed by atoms with Crippen molar-refractivity contribution in [2.24, 2.45) is 0 Å². The molecule has 0 aliphatic carbocycles. The van der Waals surface area contributed by atoms with Gasteiger partial charge in [0.1, 0.15) is 0 Å². The van der Waals surface area contributed by atoms with Crippen LogP contribution in [0, 0.1) is 0 Å². The van der Waals surface area contributed by atoms with Crippen molar-refractivity contribution in [2.45, 2.75) is 12.5 Å². The van der Waals surface area contributed by atoms with Gasteiger partial charge in [0.15, 0.2) is 0 Å². The van der Waals surface area contributed by atoms with E-state index in [2.05, 4.69) is 22.8 Å². The summed E-state index contributed by atoms with van der Waals surface area (Å²) < 4.78 is 5.23. The molecule has 2 aromatic rings. The third-order valence-electron chi connectivity index (χ3n) is 3.51. The summed E-state index contributed by atoms with van der Waals surface area (Å²) in [7, 11) is 0. The summed E-state index contributed by atoms with van der Waals surface area (Å²) in [6, 6.07) is 17.9. The molecule has 2 amide bonds. The maximum Gasteiger partial charge on any atom is 0.319 e. The number of urea groups is 1. The number of anilines is 1. The van der Waals surface area contributed by atoms with Crippen LogP contribution in [0.2, 0.25) is 0 Å². The lowest BCUT2D eigenvalue weighted by Gasteiger charge is -2.12. The summed E-state index contributed by atoms with van der Waals surface area (Å²) in [5, 5.41) is 5.74. The van der Waals surface area contributed by atoms with Gasteiger partial charge in [-0.3, -0.25) is 0 Å². The van der Waals surface area contributed by atoms with Gasteiger partial charge in [0.25, 0.3) is 0 Å². The Balaban J connectivity index is 1.60. The van der Waals surface area contributed by atoms with Gasteiger partial charge in [0, 0.05) is 12.3 Å². The Morgan fingerprint density at radius 3 is 2.38 bits per heavy atom. The van der Waals surface area contributed by atoms with Crippen LogP contribution in [0.15, 0.2) is 54.6 Å². The Kier molecular flexibility index (Phi) is 4.17. The van der Waals surface area contributed by atoms with Crippen LogP contribution in [0.3, 0.4) is 0 Å². The second-order valence-electron chi connectivity index (χ2n) is 5.10. The Hall–Kier alpha value is -2.33. The number of hydrogen-bond acceptors (Lipinski definition) is 2. The van der Waals surface area contributed by atoms with Crippen molar-refractivity contribution in [3.8, 4) is 11.1 Å². The van der Waals surface area contributed by atoms with E-state index in [0.717, 1.165) is 29.8 Å². The van der Waals surface area contributed by atoms with Crippen LogP contribution in [0.5, 0.6) is 0 Å². The van der Waals surface area contributed by atoms with Gasteiger partial charge in [-0.25, -0.2) is 4.79 Å². The quantitative estimate of drug-likeness (QED) is 0.907. The lowest BCUT2D eigenvalue weighted by molar-refractivity contribution is 0.189. The molecule has 1 heterocycles. The zero-order chi connectivity index (χ0) is 14.5. The van der Waals surface area contributed by atoms with Crippen molar-refractivity contribution in [1.82, 2.24) is 5.32 Å². The predicted octanol–water partition coefficient (Wildman–Crippen LogP) is 3.26. The fourth-order valence-electron chi connectivity index (χ4n) is 2.38. The summed E-state index contributed by atoms with van der Waals surface area (Å²) in [6.45, 7) is 1.32. The molecule has 0 bridgehead atoms. The third-order valence-corrected chi connectivity index (χ3v) is 3.51. The highest BCUT2D eigenvalue weighted by Gasteiger charge is 2.17. The maximum atomic E-state index is 11.8. The molecule has 0 radical (unpaired) electrons. The molecule has 3 rings (SSSR count). The molecule has 0 aromatic heterocycles. The zero-order valence-corrected chi connectivity index (χ0v) is 11.7. The molecule has 2 aromatic carbocycles. The summed E-state index contributed by atoms with van der Waals surface area (Å²) in [5.74, 6) is 0. The molecule has 1 unspecified atom stereocenters. The van der Waals surface area contributed by atoms with Gasteiger partial charge in [-0.2, -0.15) is 0 Å². The van der Waals surface area contributed by atoms with Crippen LogP contribution >= 0.6 is 0 Å². The Labute approximate surface area is 124 Å². The van der Waals surface area contributed by atoms with Crippen molar-refractivity contribution < 1.29 is 9.53 Å². The number of rotatable bonds is 3. The largest absolute Gasteiger partial charge is 0.379 e. The van der Waals surface area contributed by atoms with Gasteiger partial charge in [-0.15, -0.1) is 0 Å². The molecule has 0 saturated carbocycles. The molecule has 1 fully saturated rings. The van der Waals surface area contributed by atoms with E-state index >= 15 is 0 Å². The minimum absolute atomic E-state index is 0.119. The van der Waals surface area contributed by atoms with Gasteiger partial charge in [0.05, 0.1) is 12.6 Å². The van der Waals surface area contributed by atoms with Crippen molar-refractivity contribution in [3.63, 3.8) is 0 Å². The van der Waals surface area contributed by atoms with Crippen molar-refractivity contribution in [3.05, 3.63) is 54.6 Å². The van der Waals surface area contributed by atoms with Crippen molar-refractivity contribution in [2.75, 3.05) is 18.5 Å². The molecule has 4 heteroatoms. The summed E-state index contributed by atoms with van der Waals surface area (Å²) in [5.41, 5.74) is 3.08. The van der Waals surface area contributed by atoms with E-state index in [-0.39, 0.29) is 12.1 Å². The topological polar surface area (TPSA) is 50.4 Å². The lowest BCUT2D eigenvalue weighted by Crippen LogP contribution is -2.38. The summed E-state index contributed by atoms with van der Waals surface area (Å²) >= 11 is 0. The zero-order valence-electron chi connectivity index (χ0n) is 11.7. The summed E-state index contributed by atoms with van der Waals surface area (Å²) in [4.78, 5) is 11.8. The van der Waals surface area contributed by atoms with Crippen molar-refractivity contribution >= 4 is 11.7 Å². The lowest BCUT2D eigenvalue weighted by atomic mass is 10.1. The first kappa shape index (κ1) is 13.6. The SMILES string of the molecule is O=C(Nc1ccc(-c2ccccc2)cc1)NC1CCOC1. The smallest absolute Gasteiger partial charge is 0.319 e. The van der Waals surface area contributed by atoms with Gasteiger partial charge in [-0.1, -0.05) is 42.5 Å². The second kappa shape index (κ2) is 6.41. The Morgan fingerprint density at radius 2 is 1.71 bits per heavy atom. The molecule has 1 saturated heterocycles. The fraction of sp³-hybridized carbons (Fsp3) is 0.235. The number of benzene rings is 2. The van der Waals surface area contributed by atoms with Crippen LogP contribution in [0.1, 0.15) is 6.42 Å². The van der Waals surface area contributed by atoms with E-state index in [1.54, 1.807) is 0 Å². The average molecular weight is 282 g/mol. The van der Waals surface area contributed by atoms with Gasteiger partial charge < -0.3 is 15.4 Å². The van der Waals surface area contributed by atoms with Gasteiger partial charge >= 0.3 is 6.03 Å². The molecule has 0 spiro atoms. The van der Waals surface area contributed by atoms with Gasteiger partial charge in [0.2, 0.25) is 0 Å². The standard InChI is InChI=1S/C17H18N2O2/c20-17(19-16-10-11-21-12-16)18-15-8-6-14(7-9-15)13-4-2-1-3-5-13/h1-9,16H,10-12H2,(H2,18,19,20).